The summed E-state index contributed by atoms with van der Waals surface area (Å²) in [5.41, 5.74) is 9.24. The average molecular weight is 321 g/mol. The number of aryl methyl sites for hydroxylation is 2. The molecule has 1 unspecified atom stereocenters. The van der Waals surface area contributed by atoms with Crippen molar-refractivity contribution in [2.75, 3.05) is 6.54 Å². The van der Waals surface area contributed by atoms with Crippen LogP contribution in [0.15, 0.2) is 60.8 Å². The Morgan fingerprint density at radius 2 is 1.88 bits per heavy atom. The molecule has 0 fully saturated rings. The summed E-state index contributed by atoms with van der Waals surface area (Å²) in [5.74, 6) is -0.129. The lowest BCUT2D eigenvalue weighted by molar-refractivity contribution is -0.122. The zero-order valence-corrected chi connectivity index (χ0v) is 13.9. The molecule has 3 aromatic rings. The molecule has 4 heteroatoms. The van der Waals surface area contributed by atoms with Gasteiger partial charge in [0.05, 0.1) is 0 Å². The first-order valence-corrected chi connectivity index (χ1v) is 8.29. The van der Waals surface area contributed by atoms with Gasteiger partial charge in [-0.25, -0.2) is 0 Å². The highest BCUT2D eigenvalue weighted by molar-refractivity contribution is 5.83. The van der Waals surface area contributed by atoms with E-state index in [4.69, 9.17) is 5.73 Å². The zero-order chi connectivity index (χ0) is 16.9. The number of hydrogen-bond acceptors (Lipinski definition) is 2. The Morgan fingerprint density at radius 1 is 1.12 bits per heavy atom. The molecular formula is C20H23N3O. The van der Waals surface area contributed by atoms with E-state index in [1.165, 1.54) is 10.9 Å². The summed E-state index contributed by atoms with van der Waals surface area (Å²) in [6.45, 7) is 3.50. The molecule has 124 valence electrons. The molecule has 0 saturated carbocycles. The van der Waals surface area contributed by atoms with Gasteiger partial charge in [0.15, 0.2) is 0 Å². The van der Waals surface area contributed by atoms with Gasteiger partial charge in [0.2, 0.25) is 5.91 Å². The lowest BCUT2D eigenvalue weighted by atomic mass is 10.1. The minimum absolute atomic E-state index is 0.129. The SMILES string of the molecule is Cc1ccc(C(N)C(=O)NCCCn2ccc3ccccc32)cc1. The molecular weight excluding hydrogens is 298 g/mol. The number of carbonyl (C=O) groups excluding carboxylic acids is 1. The number of nitrogens with two attached hydrogens (primary N) is 1. The van der Waals surface area contributed by atoms with Gasteiger partial charge >= 0.3 is 0 Å². The fourth-order valence-corrected chi connectivity index (χ4v) is 2.83. The van der Waals surface area contributed by atoms with E-state index < -0.39 is 6.04 Å². The molecule has 0 bridgehead atoms. The Bertz CT molecular complexity index is 820. The molecule has 0 aliphatic rings. The van der Waals surface area contributed by atoms with E-state index in [-0.39, 0.29) is 5.91 Å². The van der Waals surface area contributed by atoms with Gasteiger partial charge in [-0.05, 0) is 36.4 Å². The number of nitrogens with zero attached hydrogens (tertiary/aromatic N) is 1. The third kappa shape index (κ3) is 3.66. The van der Waals surface area contributed by atoms with E-state index in [1.807, 2.05) is 43.3 Å². The number of hydrogen-bond donors (Lipinski definition) is 2. The molecule has 3 N–H and O–H groups in total. The summed E-state index contributed by atoms with van der Waals surface area (Å²) >= 11 is 0. The summed E-state index contributed by atoms with van der Waals surface area (Å²) in [5, 5.41) is 4.17. The Balaban J connectivity index is 1.49. The van der Waals surface area contributed by atoms with Gasteiger partial charge in [-0.15, -0.1) is 0 Å². The topological polar surface area (TPSA) is 60.1 Å². The van der Waals surface area contributed by atoms with Crippen molar-refractivity contribution < 1.29 is 4.79 Å². The Morgan fingerprint density at radius 3 is 2.67 bits per heavy atom. The zero-order valence-electron chi connectivity index (χ0n) is 13.9. The monoisotopic (exact) mass is 321 g/mol. The second-order valence-electron chi connectivity index (χ2n) is 6.10. The lowest BCUT2D eigenvalue weighted by Gasteiger charge is -2.13. The second-order valence-corrected chi connectivity index (χ2v) is 6.10. The second kappa shape index (κ2) is 7.32. The number of amides is 1. The summed E-state index contributed by atoms with van der Waals surface area (Å²) in [6.07, 6.45) is 2.95. The van der Waals surface area contributed by atoms with Crippen LogP contribution >= 0.6 is 0 Å². The molecule has 0 radical (unpaired) electrons. The molecule has 0 aliphatic heterocycles. The minimum atomic E-state index is -0.613. The van der Waals surface area contributed by atoms with Crippen LogP contribution in [0.4, 0.5) is 0 Å². The molecule has 1 amide bonds. The number of rotatable bonds is 6. The van der Waals surface area contributed by atoms with E-state index in [0.29, 0.717) is 6.54 Å². The predicted octanol–water partition coefficient (Wildman–Crippen LogP) is 3.16. The number of aromatic nitrogens is 1. The van der Waals surface area contributed by atoms with Crippen molar-refractivity contribution in [2.24, 2.45) is 5.73 Å². The summed E-state index contributed by atoms with van der Waals surface area (Å²) < 4.78 is 2.21. The first-order chi connectivity index (χ1) is 11.6. The summed E-state index contributed by atoms with van der Waals surface area (Å²) in [6, 6.07) is 17.6. The number of carbonyl (C=O) groups is 1. The molecule has 0 saturated heterocycles. The van der Waals surface area contributed by atoms with Crippen LogP contribution in [0.25, 0.3) is 10.9 Å². The van der Waals surface area contributed by atoms with Gasteiger partial charge in [0, 0.05) is 24.8 Å². The van der Waals surface area contributed by atoms with E-state index in [1.54, 1.807) is 0 Å². The standard InChI is InChI=1S/C20H23N3O/c1-15-7-9-17(10-8-15)19(21)20(24)22-12-4-13-23-14-11-16-5-2-3-6-18(16)23/h2-3,5-11,14,19H,4,12-13,21H2,1H3,(H,22,24). The maximum absolute atomic E-state index is 12.2. The van der Waals surface area contributed by atoms with Crippen LogP contribution in [0.3, 0.4) is 0 Å². The van der Waals surface area contributed by atoms with Gasteiger partial charge in [-0.1, -0.05) is 48.0 Å². The van der Waals surface area contributed by atoms with Crippen molar-refractivity contribution in [1.29, 1.82) is 0 Å². The van der Waals surface area contributed by atoms with E-state index >= 15 is 0 Å². The van der Waals surface area contributed by atoms with Gasteiger partial charge in [0.1, 0.15) is 6.04 Å². The Labute approximate surface area is 142 Å². The first kappa shape index (κ1) is 16.3. The molecule has 2 aromatic carbocycles. The number of benzene rings is 2. The van der Waals surface area contributed by atoms with Gasteiger partial charge in [0.25, 0.3) is 0 Å². The first-order valence-electron chi connectivity index (χ1n) is 8.29. The third-order valence-electron chi connectivity index (χ3n) is 4.27. The molecule has 1 aromatic heterocycles. The Hall–Kier alpha value is -2.59. The summed E-state index contributed by atoms with van der Waals surface area (Å²) in [4.78, 5) is 12.2. The Kier molecular flexibility index (Phi) is 4.96. The molecule has 24 heavy (non-hydrogen) atoms. The van der Waals surface area contributed by atoms with Crippen molar-refractivity contribution in [3.8, 4) is 0 Å². The van der Waals surface area contributed by atoms with E-state index in [9.17, 15) is 4.79 Å². The van der Waals surface area contributed by atoms with Crippen LogP contribution in [0.5, 0.6) is 0 Å². The predicted molar refractivity (Wildman–Crippen MR) is 97.7 cm³/mol. The number of fused-ring (bicyclic) bond motifs is 1. The van der Waals surface area contributed by atoms with Crippen LogP contribution < -0.4 is 11.1 Å². The smallest absolute Gasteiger partial charge is 0.241 e. The fraction of sp³-hybridized carbons (Fsp3) is 0.250. The normalized spacial score (nSPS) is 12.2. The van der Waals surface area contributed by atoms with Gasteiger partial charge in [-0.2, -0.15) is 0 Å². The van der Waals surface area contributed by atoms with Crippen LogP contribution in [-0.4, -0.2) is 17.0 Å². The van der Waals surface area contributed by atoms with Crippen molar-refractivity contribution in [2.45, 2.75) is 25.9 Å². The minimum Gasteiger partial charge on any atom is -0.354 e. The van der Waals surface area contributed by atoms with E-state index in [0.717, 1.165) is 24.1 Å². The van der Waals surface area contributed by atoms with Crippen molar-refractivity contribution in [3.05, 3.63) is 71.9 Å². The highest BCUT2D eigenvalue weighted by Gasteiger charge is 2.14. The third-order valence-corrected chi connectivity index (χ3v) is 4.27. The maximum atomic E-state index is 12.2. The van der Waals surface area contributed by atoms with Crippen molar-refractivity contribution >= 4 is 16.8 Å². The fourth-order valence-electron chi connectivity index (χ4n) is 2.83. The average Bonchev–Trinajstić information content (AvgIpc) is 3.02. The number of para-hydroxylation sites is 1. The van der Waals surface area contributed by atoms with Crippen LogP contribution in [0, 0.1) is 6.92 Å². The molecule has 4 nitrogen and oxygen atoms in total. The molecule has 1 heterocycles. The van der Waals surface area contributed by atoms with Crippen molar-refractivity contribution in [1.82, 2.24) is 9.88 Å². The highest BCUT2D eigenvalue weighted by atomic mass is 16.2. The van der Waals surface area contributed by atoms with Gasteiger partial charge in [-0.3, -0.25) is 4.79 Å². The summed E-state index contributed by atoms with van der Waals surface area (Å²) in [7, 11) is 0. The van der Waals surface area contributed by atoms with Gasteiger partial charge < -0.3 is 15.6 Å². The van der Waals surface area contributed by atoms with Crippen LogP contribution in [-0.2, 0) is 11.3 Å². The molecule has 3 rings (SSSR count). The number of nitrogens with one attached hydrogen (secondary N) is 1. The quantitative estimate of drug-likeness (QED) is 0.685. The highest BCUT2D eigenvalue weighted by Crippen LogP contribution is 2.15. The lowest BCUT2D eigenvalue weighted by Crippen LogP contribution is -2.34. The molecule has 1 atom stereocenters. The van der Waals surface area contributed by atoms with Crippen molar-refractivity contribution in [3.63, 3.8) is 0 Å². The largest absolute Gasteiger partial charge is 0.354 e. The van der Waals surface area contributed by atoms with Crippen LogP contribution in [0.2, 0.25) is 0 Å². The maximum Gasteiger partial charge on any atom is 0.241 e. The van der Waals surface area contributed by atoms with Crippen LogP contribution in [0.1, 0.15) is 23.6 Å². The van der Waals surface area contributed by atoms with E-state index in [2.05, 4.69) is 34.3 Å². The molecule has 0 spiro atoms. The molecule has 0 aliphatic carbocycles.